The molecule has 0 radical (unpaired) electrons. The summed E-state index contributed by atoms with van der Waals surface area (Å²) in [5.41, 5.74) is 0.628. The summed E-state index contributed by atoms with van der Waals surface area (Å²) in [5.74, 6) is 1.08. The molecule has 1 heteroatoms. The van der Waals surface area contributed by atoms with E-state index >= 15 is 0 Å². The van der Waals surface area contributed by atoms with Crippen molar-refractivity contribution in [1.82, 2.24) is 0 Å². The molecule has 0 aromatic heterocycles. The van der Waals surface area contributed by atoms with Gasteiger partial charge >= 0.3 is 0 Å². The van der Waals surface area contributed by atoms with Crippen LogP contribution in [0.15, 0.2) is 0 Å². The zero-order valence-corrected chi connectivity index (χ0v) is 5.67. The van der Waals surface area contributed by atoms with E-state index in [1.807, 2.05) is 0 Å². The Kier molecular flexibility index (Phi) is 1.33. The second kappa shape index (κ2) is 1.70. The van der Waals surface area contributed by atoms with E-state index in [1.54, 1.807) is 0 Å². The van der Waals surface area contributed by atoms with Crippen LogP contribution in [0.5, 0.6) is 0 Å². The van der Waals surface area contributed by atoms with Gasteiger partial charge in [0.25, 0.3) is 0 Å². The van der Waals surface area contributed by atoms with Gasteiger partial charge in [0.1, 0.15) is 0 Å². The van der Waals surface area contributed by atoms with Crippen LogP contribution in [0, 0.1) is 5.41 Å². The second-order valence-electron chi connectivity index (χ2n) is 2.82. The molecule has 0 unspecified atom stereocenters. The molecule has 0 amide bonds. The number of hydrogen-bond donors (Lipinski definition) is 1. The molecule has 0 spiro atoms. The highest BCUT2D eigenvalue weighted by Crippen LogP contribution is 2.40. The van der Waals surface area contributed by atoms with E-state index in [1.165, 1.54) is 19.3 Å². The van der Waals surface area contributed by atoms with Crippen molar-refractivity contribution >= 4 is 12.6 Å². The summed E-state index contributed by atoms with van der Waals surface area (Å²) < 4.78 is 0. The Labute approximate surface area is 50.7 Å². The van der Waals surface area contributed by atoms with Crippen LogP contribution in [0.3, 0.4) is 0 Å². The zero-order valence-electron chi connectivity index (χ0n) is 4.78. The Morgan fingerprint density at radius 1 is 1.57 bits per heavy atom. The van der Waals surface area contributed by atoms with Gasteiger partial charge < -0.3 is 0 Å². The average molecular weight is 116 g/mol. The third-order valence-electron chi connectivity index (χ3n) is 1.94. The molecule has 1 fully saturated rings. The molecule has 7 heavy (non-hydrogen) atoms. The molecular weight excluding hydrogens is 104 g/mol. The van der Waals surface area contributed by atoms with E-state index in [0.29, 0.717) is 5.41 Å². The lowest BCUT2D eigenvalue weighted by atomic mass is 9.72. The molecule has 0 aromatic rings. The van der Waals surface area contributed by atoms with Gasteiger partial charge in [-0.1, -0.05) is 13.3 Å². The molecule has 0 aromatic carbocycles. The first-order valence-corrected chi connectivity index (χ1v) is 3.51. The van der Waals surface area contributed by atoms with Gasteiger partial charge in [-0.25, -0.2) is 0 Å². The smallest absolute Gasteiger partial charge is 0.00438 e. The minimum Gasteiger partial charge on any atom is -0.179 e. The van der Waals surface area contributed by atoms with E-state index in [2.05, 4.69) is 19.6 Å². The van der Waals surface area contributed by atoms with Crippen LogP contribution in [0.2, 0.25) is 0 Å². The van der Waals surface area contributed by atoms with Gasteiger partial charge in [-0.3, -0.25) is 0 Å². The molecule has 1 rings (SSSR count). The van der Waals surface area contributed by atoms with Crippen LogP contribution in [-0.4, -0.2) is 5.75 Å². The number of rotatable bonds is 1. The van der Waals surface area contributed by atoms with Crippen molar-refractivity contribution in [2.24, 2.45) is 5.41 Å². The van der Waals surface area contributed by atoms with Crippen LogP contribution in [0.4, 0.5) is 0 Å². The maximum absolute atomic E-state index is 4.23. The first-order chi connectivity index (χ1) is 3.27. The predicted molar refractivity (Wildman–Crippen MR) is 35.8 cm³/mol. The molecule has 0 N–H and O–H groups in total. The molecule has 42 valence electrons. The minimum absolute atomic E-state index is 0.628. The third-order valence-corrected chi connectivity index (χ3v) is 2.71. The van der Waals surface area contributed by atoms with Crippen molar-refractivity contribution in [2.75, 3.05) is 5.75 Å². The van der Waals surface area contributed by atoms with Gasteiger partial charge in [-0.05, 0) is 24.0 Å². The van der Waals surface area contributed by atoms with Gasteiger partial charge in [0.2, 0.25) is 0 Å². The van der Waals surface area contributed by atoms with E-state index in [0.717, 1.165) is 5.75 Å². The summed E-state index contributed by atoms with van der Waals surface area (Å²) in [5, 5.41) is 0. The largest absolute Gasteiger partial charge is 0.179 e. The molecule has 0 aliphatic heterocycles. The number of thiol groups is 1. The lowest BCUT2D eigenvalue weighted by Gasteiger charge is -2.36. The maximum Gasteiger partial charge on any atom is -0.00438 e. The summed E-state index contributed by atoms with van der Waals surface area (Å²) in [4.78, 5) is 0. The van der Waals surface area contributed by atoms with Gasteiger partial charge in [0.05, 0.1) is 0 Å². The molecule has 0 bridgehead atoms. The van der Waals surface area contributed by atoms with E-state index in [9.17, 15) is 0 Å². The topological polar surface area (TPSA) is 0 Å². The third kappa shape index (κ3) is 0.933. The van der Waals surface area contributed by atoms with E-state index < -0.39 is 0 Å². The first-order valence-electron chi connectivity index (χ1n) is 2.88. The van der Waals surface area contributed by atoms with Gasteiger partial charge in [-0.15, -0.1) is 0 Å². The summed E-state index contributed by atoms with van der Waals surface area (Å²) >= 11 is 4.23. The number of hydrogen-bond acceptors (Lipinski definition) is 1. The van der Waals surface area contributed by atoms with Crippen LogP contribution >= 0.6 is 12.6 Å². The Morgan fingerprint density at radius 2 is 2.14 bits per heavy atom. The van der Waals surface area contributed by atoms with Crippen molar-refractivity contribution in [1.29, 1.82) is 0 Å². The summed E-state index contributed by atoms with van der Waals surface area (Å²) in [6.45, 7) is 2.31. The molecule has 1 saturated carbocycles. The molecule has 0 nitrogen and oxygen atoms in total. The zero-order chi connectivity index (χ0) is 5.33. The highest BCUT2D eigenvalue weighted by atomic mass is 32.1. The van der Waals surface area contributed by atoms with Crippen molar-refractivity contribution in [3.8, 4) is 0 Å². The first kappa shape index (κ1) is 5.49. The van der Waals surface area contributed by atoms with Gasteiger partial charge in [0.15, 0.2) is 0 Å². The fourth-order valence-electron chi connectivity index (χ4n) is 0.938. The van der Waals surface area contributed by atoms with Crippen LogP contribution in [0.1, 0.15) is 26.2 Å². The van der Waals surface area contributed by atoms with E-state index in [4.69, 9.17) is 0 Å². The summed E-state index contributed by atoms with van der Waals surface area (Å²) in [6.07, 6.45) is 4.23. The Bertz CT molecular complexity index is 59.1. The Morgan fingerprint density at radius 3 is 2.14 bits per heavy atom. The molecular formula is C6H12S. The van der Waals surface area contributed by atoms with Gasteiger partial charge in [0, 0.05) is 0 Å². The predicted octanol–water partition coefficient (Wildman–Crippen LogP) is 2.11. The Hall–Kier alpha value is 0.350. The molecule has 0 atom stereocenters. The van der Waals surface area contributed by atoms with Crippen molar-refractivity contribution in [3.63, 3.8) is 0 Å². The molecule has 0 heterocycles. The summed E-state index contributed by atoms with van der Waals surface area (Å²) in [6, 6.07) is 0. The fraction of sp³-hybridized carbons (Fsp3) is 1.00. The highest BCUT2D eigenvalue weighted by Gasteiger charge is 2.29. The minimum atomic E-state index is 0.628. The SMILES string of the molecule is CC1(CS)CCC1. The lowest BCUT2D eigenvalue weighted by Crippen LogP contribution is -2.26. The quantitative estimate of drug-likeness (QED) is 0.498. The Balaban J connectivity index is 2.29. The van der Waals surface area contributed by atoms with Crippen molar-refractivity contribution < 1.29 is 0 Å². The monoisotopic (exact) mass is 116 g/mol. The average Bonchev–Trinajstić information content (AvgIpc) is 1.61. The normalized spacial score (nSPS) is 26.6. The maximum atomic E-state index is 4.23. The lowest BCUT2D eigenvalue weighted by molar-refractivity contribution is 0.198. The van der Waals surface area contributed by atoms with Crippen LogP contribution < -0.4 is 0 Å². The van der Waals surface area contributed by atoms with Crippen molar-refractivity contribution in [3.05, 3.63) is 0 Å². The standard InChI is InChI=1S/C6H12S/c1-6(5-7)3-2-4-6/h7H,2-5H2,1H3. The fourth-order valence-corrected chi connectivity index (χ4v) is 1.25. The van der Waals surface area contributed by atoms with E-state index in [-0.39, 0.29) is 0 Å². The second-order valence-corrected chi connectivity index (χ2v) is 3.14. The highest BCUT2D eigenvalue weighted by molar-refractivity contribution is 7.80. The molecule has 1 aliphatic rings. The van der Waals surface area contributed by atoms with Crippen molar-refractivity contribution in [2.45, 2.75) is 26.2 Å². The van der Waals surface area contributed by atoms with Crippen LogP contribution in [-0.2, 0) is 0 Å². The summed E-state index contributed by atoms with van der Waals surface area (Å²) in [7, 11) is 0. The van der Waals surface area contributed by atoms with Gasteiger partial charge in [-0.2, -0.15) is 12.6 Å². The molecule has 0 saturated heterocycles. The van der Waals surface area contributed by atoms with Crippen LogP contribution in [0.25, 0.3) is 0 Å². The molecule has 1 aliphatic carbocycles.